The standard InChI is InChI=1S/C14H20N4O/c1-4-6-10(3)15-14(19)11-7-8-13-12(9-11)16-17-18(13)5-2/h7-10H,4-6H2,1-3H3,(H,15,19). The molecule has 0 fully saturated rings. The lowest BCUT2D eigenvalue weighted by Gasteiger charge is -2.12. The van der Waals surface area contributed by atoms with E-state index in [1.165, 1.54) is 0 Å². The van der Waals surface area contributed by atoms with Crippen LogP contribution in [0.2, 0.25) is 0 Å². The van der Waals surface area contributed by atoms with Gasteiger partial charge in [-0.1, -0.05) is 18.6 Å². The largest absolute Gasteiger partial charge is 0.350 e. The maximum atomic E-state index is 12.1. The Morgan fingerprint density at radius 3 is 2.89 bits per heavy atom. The van der Waals surface area contributed by atoms with Crippen molar-refractivity contribution in [2.75, 3.05) is 0 Å². The molecular formula is C14H20N4O. The molecule has 0 aliphatic rings. The molecule has 0 bridgehead atoms. The van der Waals surface area contributed by atoms with Crippen molar-refractivity contribution in [1.82, 2.24) is 20.3 Å². The van der Waals surface area contributed by atoms with Crippen LogP contribution in [0.15, 0.2) is 18.2 Å². The van der Waals surface area contributed by atoms with Crippen molar-refractivity contribution < 1.29 is 4.79 Å². The molecule has 1 aromatic carbocycles. The second kappa shape index (κ2) is 5.82. The molecule has 2 rings (SSSR count). The number of carbonyl (C=O) groups is 1. The highest BCUT2D eigenvalue weighted by Gasteiger charge is 2.11. The van der Waals surface area contributed by atoms with E-state index in [-0.39, 0.29) is 11.9 Å². The van der Waals surface area contributed by atoms with E-state index in [9.17, 15) is 4.79 Å². The number of nitrogens with zero attached hydrogens (tertiary/aromatic N) is 3. The average molecular weight is 260 g/mol. The zero-order valence-corrected chi connectivity index (χ0v) is 11.7. The lowest BCUT2D eigenvalue weighted by atomic mass is 10.1. The van der Waals surface area contributed by atoms with Crippen LogP contribution >= 0.6 is 0 Å². The monoisotopic (exact) mass is 260 g/mol. The molecule has 1 unspecified atom stereocenters. The quantitative estimate of drug-likeness (QED) is 0.897. The molecule has 102 valence electrons. The number of rotatable bonds is 5. The minimum absolute atomic E-state index is 0.0473. The summed E-state index contributed by atoms with van der Waals surface area (Å²) < 4.78 is 1.82. The minimum atomic E-state index is -0.0473. The first-order valence-corrected chi connectivity index (χ1v) is 6.79. The predicted octanol–water partition coefficient (Wildman–Crippen LogP) is 2.37. The molecule has 1 N–H and O–H groups in total. The number of hydrogen-bond acceptors (Lipinski definition) is 3. The van der Waals surface area contributed by atoms with Crippen LogP contribution < -0.4 is 5.32 Å². The van der Waals surface area contributed by atoms with Gasteiger partial charge in [-0.05, 0) is 38.5 Å². The van der Waals surface area contributed by atoms with E-state index in [0.717, 1.165) is 30.4 Å². The first-order chi connectivity index (χ1) is 9.15. The fourth-order valence-electron chi connectivity index (χ4n) is 2.16. The molecule has 0 saturated carbocycles. The second-order valence-electron chi connectivity index (χ2n) is 4.77. The number of aryl methyl sites for hydroxylation is 1. The molecule has 0 aliphatic carbocycles. The predicted molar refractivity (Wildman–Crippen MR) is 75.0 cm³/mol. The molecule has 1 atom stereocenters. The Balaban J connectivity index is 2.19. The molecule has 2 aromatic rings. The van der Waals surface area contributed by atoms with Crippen molar-refractivity contribution in [2.45, 2.75) is 46.2 Å². The number of amides is 1. The van der Waals surface area contributed by atoms with Gasteiger partial charge in [-0.25, -0.2) is 4.68 Å². The Labute approximate surface area is 113 Å². The summed E-state index contributed by atoms with van der Waals surface area (Å²) in [4.78, 5) is 12.1. The number of fused-ring (bicyclic) bond motifs is 1. The molecule has 1 amide bonds. The van der Waals surface area contributed by atoms with E-state index >= 15 is 0 Å². The number of nitrogens with one attached hydrogen (secondary N) is 1. The van der Waals surface area contributed by atoms with E-state index in [2.05, 4.69) is 22.6 Å². The summed E-state index contributed by atoms with van der Waals surface area (Å²) in [5.41, 5.74) is 2.36. The van der Waals surface area contributed by atoms with Gasteiger partial charge in [0.1, 0.15) is 5.52 Å². The highest BCUT2D eigenvalue weighted by molar-refractivity contribution is 5.97. The van der Waals surface area contributed by atoms with Crippen molar-refractivity contribution >= 4 is 16.9 Å². The lowest BCUT2D eigenvalue weighted by Crippen LogP contribution is -2.32. The maximum absolute atomic E-state index is 12.1. The number of benzene rings is 1. The van der Waals surface area contributed by atoms with Crippen LogP contribution in [-0.2, 0) is 6.54 Å². The molecule has 0 spiro atoms. The molecule has 0 saturated heterocycles. The smallest absolute Gasteiger partial charge is 0.251 e. The van der Waals surface area contributed by atoms with Crippen LogP contribution in [0, 0.1) is 0 Å². The van der Waals surface area contributed by atoms with Gasteiger partial charge in [-0.2, -0.15) is 0 Å². The van der Waals surface area contributed by atoms with Crippen molar-refractivity contribution in [3.8, 4) is 0 Å². The maximum Gasteiger partial charge on any atom is 0.251 e. The lowest BCUT2D eigenvalue weighted by molar-refractivity contribution is 0.0938. The SMILES string of the molecule is CCCC(C)NC(=O)c1ccc2c(c1)nnn2CC. The molecule has 19 heavy (non-hydrogen) atoms. The molecule has 5 heteroatoms. The summed E-state index contributed by atoms with van der Waals surface area (Å²) in [6.07, 6.45) is 2.05. The van der Waals surface area contributed by atoms with Gasteiger partial charge in [0.2, 0.25) is 0 Å². The number of aromatic nitrogens is 3. The van der Waals surface area contributed by atoms with Gasteiger partial charge >= 0.3 is 0 Å². The minimum Gasteiger partial charge on any atom is -0.350 e. The third-order valence-corrected chi connectivity index (χ3v) is 3.17. The van der Waals surface area contributed by atoms with E-state index in [4.69, 9.17) is 0 Å². The van der Waals surface area contributed by atoms with Gasteiger partial charge in [-0.3, -0.25) is 4.79 Å². The van der Waals surface area contributed by atoms with Crippen molar-refractivity contribution in [3.05, 3.63) is 23.8 Å². The summed E-state index contributed by atoms with van der Waals surface area (Å²) in [5.74, 6) is -0.0473. The zero-order chi connectivity index (χ0) is 13.8. The highest BCUT2D eigenvalue weighted by atomic mass is 16.1. The first kappa shape index (κ1) is 13.5. The molecule has 0 aliphatic heterocycles. The molecule has 0 radical (unpaired) electrons. The van der Waals surface area contributed by atoms with Crippen LogP contribution in [0.1, 0.15) is 44.0 Å². The Hall–Kier alpha value is -1.91. The van der Waals surface area contributed by atoms with Crippen LogP contribution in [-0.4, -0.2) is 26.9 Å². The van der Waals surface area contributed by atoms with Crippen molar-refractivity contribution in [1.29, 1.82) is 0 Å². The first-order valence-electron chi connectivity index (χ1n) is 6.79. The normalized spacial score (nSPS) is 12.6. The molecule has 1 heterocycles. The summed E-state index contributed by atoms with van der Waals surface area (Å²) >= 11 is 0. The second-order valence-corrected chi connectivity index (χ2v) is 4.77. The van der Waals surface area contributed by atoms with Crippen LogP contribution in [0.25, 0.3) is 11.0 Å². The third kappa shape index (κ3) is 2.92. The summed E-state index contributed by atoms with van der Waals surface area (Å²) in [6.45, 7) is 6.92. The average Bonchev–Trinajstić information content (AvgIpc) is 2.80. The highest BCUT2D eigenvalue weighted by Crippen LogP contribution is 2.13. The fraction of sp³-hybridized carbons (Fsp3) is 0.500. The van der Waals surface area contributed by atoms with Gasteiger partial charge in [0, 0.05) is 18.2 Å². The number of hydrogen-bond donors (Lipinski definition) is 1. The summed E-state index contributed by atoms with van der Waals surface area (Å²) in [7, 11) is 0. The van der Waals surface area contributed by atoms with Crippen LogP contribution in [0.5, 0.6) is 0 Å². The topological polar surface area (TPSA) is 59.8 Å². The van der Waals surface area contributed by atoms with E-state index < -0.39 is 0 Å². The van der Waals surface area contributed by atoms with E-state index in [1.54, 1.807) is 6.07 Å². The number of carbonyl (C=O) groups excluding carboxylic acids is 1. The summed E-state index contributed by atoms with van der Waals surface area (Å²) in [6, 6.07) is 5.71. The van der Waals surface area contributed by atoms with Gasteiger partial charge in [0.05, 0.1) is 5.52 Å². The van der Waals surface area contributed by atoms with Crippen molar-refractivity contribution in [2.24, 2.45) is 0 Å². The van der Waals surface area contributed by atoms with Gasteiger partial charge in [0.15, 0.2) is 0 Å². The van der Waals surface area contributed by atoms with Gasteiger partial charge < -0.3 is 5.32 Å². The van der Waals surface area contributed by atoms with E-state index in [0.29, 0.717) is 5.56 Å². The molecule has 5 nitrogen and oxygen atoms in total. The fourth-order valence-corrected chi connectivity index (χ4v) is 2.16. The molecular weight excluding hydrogens is 240 g/mol. The Morgan fingerprint density at radius 1 is 1.42 bits per heavy atom. The van der Waals surface area contributed by atoms with E-state index in [1.807, 2.05) is 30.7 Å². The molecule has 1 aromatic heterocycles. The van der Waals surface area contributed by atoms with Gasteiger partial charge in [0.25, 0.3) is 5.91 Å². The zero-order valence-electron chi connectivity index (χ0n) is 11.7. The third-order valence-electron chi connectivity index (χ3n) is 3.17. The summed E-state index contributed by atoms with van der Waals surface area (Å²) in [5, 5.41) is 11.1. The Morgan fingerprint density at radius 2 is 2.21 bits per heavy atom. The van der Waals surface area contributed by atoms with Crippen molar-refractivity contribution in [3.63, 3.8) is 0 Å². The van der Waals surface area contributed by atoms with Crippen LogP contribution in [0.3, 0.4) is 0 Å². The Bertz CT molecular complexity index is 576. The van der Waals surface area contributed by atoms with Crippen LogP contribution in [0.4, 0.5) is 0 Å². The van der Waals surface area contributed by atoms with Gasteiger partial charge in [-0.15, -0.1) is 5.10 Å². The Kier molecular flexibility index (Phi) is 4.14.